The molecule has 0 aliphatic heterocycles. The van der Waals surface area contributed by atoms with Crippen molar-refractivity contribution in [1.82, 2.24) is 0 Å². The van der Waals surface area contributed by atoms with E-state index in [0.29, 0.717) is 44.4 Å². The lowest BCUT2D eigenvalue weighted by atomic mass is 10.1. The standard InChI is InChI=1S/C22H28O7/c1-16(2)22(24)28-14-12-26-10-9-25-11-13-27-19-7-8-20-18(15-19)5-4-6-21(20)29-17(3)23/h4-8,15,17,23H,1,9-14H2,2-3H3. The molecule has 1 unspecified atom stereocenters. The molecule has 1 N–H and O–H groups in total. The molecule has 7 nitrogen and oxygen atoms in total. The molecule has 158 valence electrons. The Hall–Kier alpha value is -2.61. The number of hydrogen-bond acceptors (Lipinski definition) is 7. The van der Waals surface area contributed by atoms with Crippen LogP contribution in [0.25, 0.3) is 10.8 Å². The van der Waals surface area contributed by atoms with Gasteiger partial charge in [0.2, 0.25) is 0 Å². The molecule has 0 aliphatic carbocycles. The van der Waals surface area contributed by atoms with Crippen LogP contribution >= 0.6 is 0 Å². The Morgan fingerprint density at radius 2 is 1.72 bits per heavy atom. The topological polar surface area (TPSA) is 83.5 Å². The van der Waals surface area contributed by atoms with Crippen LogP contribution in [0.15, 0.2) is 48.6 Å². The fourth-order valence-corrected chi connectivity index (χ4v) is 2.47. The van der Waals surface area contributed by atoms with E-state index in [4.69, 9.17) is 23.7 Å². The molecule has 2 rings (SSSR count). The number of rotatable bonds is 13. The Morgan fingerprint density at radius 3 is 2.41 bits per heavy atom. The van der Waals surface area contributed by atoms with Crippen LogP contribution < -0.4 is 9.47 Å². The summed E-state index contributed by atoms with van der Waals surface area (Å²) in [5.41, 5.74) is 0.369. The molecule has 0 heterocycles. The average molecular weight is 404 g/mol. The van der Waals surface area contributed by atoms with Crippen molar-refractivity contribution in [1.29, 1.82) is 0 Å². The van der Waals surface area contributed by atoms with Gasteiger partial charge in [-0.05, 0) is 43.5 Å². The summed E-state index contributed by atoms with van der Waals surface area (Å²) in [5, 5.41) is 11.3. The highest BCUT2D eigenvalue weighted by Gasteiger charge is 2.06. The number of benzene rings is 2. The molecule has 0 aromatic heterocycles. The Labute approximate surface area is 170 Å². The van der Waals surface area contributed by atoms with Crippen LogP contribution in [-0.2, 0) is 19.0 Å². The molecule has 1 atom stereocenters. The van der Waals surface area contributed by atoms with Crippen LogP contribution in [0.5, 0.6) is 11.5 Å². The monoisotopic (exact) mass is 404 g/mol. The van der Waals surface area contributed by atoms with Gasteiger partial charge in [-0.3, -0.25) is 0 Å². The Bertz CT molecular complexity index is 801. The molecule has 0 spiro atoms. The van der Waals surface area contributed by atoms with Crippen molar-refractivity contribution < 1.29 is 33.6 Å². The maximum absolute atomic E-state index is 11.2. The summed E-state index contributed by atoms with van der Waals surface area (Å²) >= 11 is 0. The minimum absolute atomic E-state index is 0.195. The second-order valence-electron chi connectivity index (χ2n) is 6.35. The summed E-state index contributed by atoms with van der Waals surface area (Å²) in [6.45, 7) is 8.85. The predicted molar refractivity (Wildman–Crippen MR) is 109 cm³/mol. The molecule has 7 heteroatoms. The molecule has 0 bridgehead atoms. The zero-order valence-electron chi connectivity index (χ0n) is 16.9. The van der Waals surface area contributed by atoms with Gasteiger partial charge < -0.3 is 28.8 Å². The van der Waals surface area contributed by atoms with Gasteiger partial charge in [-0.15, -0.1) is 0 Å². The van der Waals surface area contributed by atoms with Gasteiger partial charge in [0.15, 0.2) is 6.29 Å². The first-order valence-electron chi connectivity index (χ1n) is 9.46. The van der Waals surface area contributed by atoms with E-state index in [2.05, 4.69) is 6.58 Å². The summed E-state index contributed by atoms with van der Waals surface area (Å²) in [7, 11) is 0. The van der Waals surface area contributed by atoms with Crippen molar-refractivity contribution in [2.75, 3.05) is 39.6 Å². The molecule has 0 saturated heterocycles. The number of carbonyl (C=O) groups is 1. The van der Waals surface area contributed by atoms with Gasteiger partial charge in [-0.2, -0.15) is 0 Å². The zero-order valence-corrected chi connectivity index (χ0v) is 16.9. The number of esters is 1. The van der Waals surface area contributed by atoms with E-state index in [1.807, 2.05) is 36.4 Å². The van der Waals surface area contributed by atoms with E-state index in [9.17, 15) is 9.90 Å². The van der Waals surface area contributed by atoms with E-state index < -0.39 is 12.3 Å². The van der Waals surface area contributed by atoms with Gasteiger partial charge >= 0.3 is 5.97 Å². The number of fused-ring (bicyclic) bond motifs is 1. The van der Waals surface area contributed by atoms with E-state index >= 15 is 0 Å². The van der Waals surface area contributed by atoms with Crippen molar-refractivity contribution >= 4 is 16.7 Å². The van der Waals surface area contributed by atoms with E-state index in [0.717, 1.165) is 16.5 Å². The van der Waals surface area contributed by atoms with Crippen LogP contribution in [0.3, 0.4) is 0 Å². The number of ether oxygens (including phenoxy) is 5. The molecular formula is C22H28O7. The molecule has 0 amide bonds. The SMILES string of the molecule is C=C(C)C(=O)OCCOCCOCCOc1ccc2c(OC(C)O)cccc2c1. The molecule has 0 radical (unpaired) electrons. The van der Waals surface area contributed by atoms with Crippen molar-refractivity contribution in [3.63, 3.8) is 0 Å². The molecule has 0 fully saturated rings. The normalized spacial score (nSPS) is 11.8. The number of carbonyl (C=O) groups excluding carboxylic acids is 1. The molecular weight excluding hydrogens is 376 g/mol. The summed E-state index contributed by atoms with van der Waals surface area (Å²) in [5.74, 6) is 0.940. The first-order chi connectivity index (χ1) is 14.0. The van der Waals surface area contributed by atoms with Crippen LogP contribution in [0, 0.1) is 0 Å². The third-order valence-corrected chi connectivity index (χ3v) is 3.79. The second kappa shape index (κ2) is 12.1. The lowest BCUT2D eigenvalue weighted by Crippen LogP contribution is -2.14. The van der Waals surface area contributed by atoms with Gasteiger partial charge in [0.25, 0.3) is 0 Å². The zero-order chi connectivity index (χ0) is 21.1. The Balaban J connectivity index is 1.61. The Kier molecular flexibility index (Phi) is 9.43. The molecule has 29 heavy (non-hydrogen) atoms. The third kappa shape index (κ3) is 8.11. The van der Waals surface area contributed by atoms with Gasteiger partial charge in [0.1, 0.15) is 24.7 Å². The summed E-state index contributed by atoms with van der Waals surface area (Å²) < 4.78 is 26.8. The average Bonchev–Trinajstić information content (AvgIpc) is 2.68. The maximum atomic E-state index is 11.2. The van der Waals surface area contributed by atoms with Crippen LogP contribution in [0.4, 0.5) is 0 Å². The van der Waals surface area contributed by atoms with Crippen molar-refractivity contribution in [2.24, 2.45) is 0 Å². The molecule has 0 aliphatic rings. The lowest BCUT2D eigenvalue weighted by Gasteiger charge is -2.12. The van der Waals surface area contributed by atoms with Crippen molar-refractivity contribution in [2.45, 2.75) is 20.1 Å². The van der Waals surface area contributed by atoms with Crippen LogP contribution in [0.1, 0.15) is 13.8 Å². The highest BCUT2D eigenvalue weighted by Crippen LogP contribution is 2.29. The smallest absolute Gasteiger partial charge is 0.333 e. The van der Waals surface area contributed by atoms with Gasteiger partial charge in [-0.25, -0.2) is 4.79 Å². The number of aliphatic hydroxyl groups is 1. The number of aliphatic hydroxyl groups excluding tert-OH is 1. The van der Waals surface area contributed by atoms with Crippen molar-refractivity contribution in [3.05, 3.63) is 48.6 Å². The van der Waals surface area contributed by atoms with E-state index in [-0.39, 0.29) is 6.61 Å². The van der Waals surface area contributed by atoms with Gasteiger partial charge in [-0.1, -0.05) is 18.7 Å². The van der Waals surface area contributed by atoms with Gasteiger partial charge in [0.05, 0.1) is 26.4 Å². The highest BCUT2D eigenvalue weighted by molar-refractivity contribution is 5.89. The van der Waals surface area contributed by atoms with E-state index in [1.54, 1.807) is 13.8 Å². The lowest BCUT2D eigenvalue weighted by molar-refractivity contribution is -0.140. The fraction of sp³-hybridized carbons (Fsp3) is 0.409. The quantitative estimate of drug-likeness (QED) is 0.238. The summed E-state index contributed by atoms with van der Waals surface area (Å²) in [6, 6.07) is 11.3. The predicted octanol–water partition coefficient (Wildman–Crippen LogP) is 3.09. The Morgan fingerprint density at radius 1 is 1.03 bits per heavy atom. The van der Waals surface area contributed by atoms with Crippen LogP contribution in [0.2, 0.25) is 0 Å². The first-order valence-corrected chi connectivity index (χ1v) is 9.46. The second-order valence-corrected chi connectivity index (χ2v) is 6.35. The number of hydrogen-bond donors (Lipinski definition) is 1. The largest absolute Gasteiger partial charge is 0.491 e. The maximum Gasteiger partial charge on any atom is 0.333 e. The van der Waals surface area contributed by atoms with E-state index in [1.165, 1.54) is 0 Å². The minimum atomic E-state index is -0.871. The molecule has 2 aromatic rings. The fourth-order valence-electron chi connectivity index (χ4n) is 2.47. The van der Waals surface area contributed by atoms with Gasteiger partial charge in [0, 0.05) is 11.0 Å². The summed E-state index contributed by atoms with van der Waals surface area (Å²) in [6.07, 6.45) is -0.871. The highest BCUT2D eigenvalue weighted by atomic mass is 16.6. The van der Waals surface area contributed by atoms with Crippen molar-refractivity contribution in [3.8, 4) is 11.5 Å². The first kappa shape index (κ1) is 22.7. The molecule has 0 saturated carbocycles. The third-order valence-electron chi connectivity index (χ3n) is 3.79. The molecule has 2 aromatic carbocycles. The van der Waals surface area contributed by atoms with Crippen LogP contribution in [-0.4, -0.2) is 57.0 Å². The minimum Gasteiger partial charge on any atom is -0.491 e. The summed E-state index contributed by atoms with van der Waals surface area (Å²) in [4.78, 5) is 11.2.